The molecule has 17 heavy (non-hydrogen) atoms. The number of ether oxygens (including phenoxy) is 1. The molecule has 0 N–H and O–H groups in total. The van der Waals surface area contributed by atoms with Crippen molar-refractivity contribution in [3.63, 3.8) is 0 Å². The van der Waals surface area contributed by atoms with E-state index >= 15 is 0 Å². The van der Waals surface area contributed by atoms with E-state index in [-0.39, 0.29) is 30.0 Å². The lowest BCUT2D eigenvalue weighted by atomic mass is 9.87. The van der Waals surface area contributed by atoms with Crippen molar-refractivity contribution in [3.05, 3.63) is 35.6 Å². The first-order valence-electron chi connectivity index (χ1n) is 5.61. The fourth-order valence-electron chi connectivity index (χ4n) is 2.86. The van der Waals surface area contributed by atoms with Crippen LogP contribution in [0.25, 0.3) is 0 Å². The number of Topliss-reactive ketones (excluding diaryl/α,β-unsaturated/α-hetero) is 1. The van der Waals surface area contributed by atoms with Crippen molar-refractivity contribution >= 4 is 11.8 Å². The van der Waals surface area contributed by atoms with Gasteiger partial charge in [-0.05, 0) is 23.6 Å². The first kappa shape index (κ1) is 10.4. The number of ketones is 1. The topological polar surface area (TPSA) is 43.4 Å². The maximum Gasteiger partial charge on any atom is 0.316 e. The van der Waals surface area contributed by atoms with Crippen LogP contribution in [0.3, 0.4) is 0 Å². The lowest BCUT2D eigenvalue weighted by molar-refractivity contribution is -0.144. The standard InChI is InChI=1S/C13H11FO3/c14-8-3-1-2-7(4-8)9-5-11(15)12-10(9)6-17-13(12)16/h1-4,9-10,12H,5-6H2/t9-,10-,12?/m1/s1. The number of halogens is 1. The molecular formula is C13H11FO3. The summed E-state index contributed by atoms with van der Waals surface area (Å²) in [6.07, 6.45) is 0.313. The fourth-order valence-corrected chi connectivity index (χ4v) is 2.86. The molecule has 0 bridgehead atoms. The number of carbonyl (C=O) groups is 2. The second-order valence-corrected chi connectivity index (χ2v) is 4.60. The molecule has 3 rings (SSSR count). The maximum atomic E-state index is 13.2. The van der Waals surface area contributed by atoms with Gasteiger partial charge in [-0.1, -0.05) is 12.1 Å². The van der Waals surface area contributed by atoms with E-state index in [2.05, 4.69) is 0 Å². The van der Waals surface area contributed by atoms with Crippen LogP contribution in [0.1, 0.15) is 17.9 Å². The Labute approximate surface area is 97.6 Å². The van der Waals surface area contributed by atoms with Crippen LogP contribution in [-0.2, 0) is 14.3 Å². The van der Waals surface area contributed by atoms with Crippen molar-refractivity contribution in [3.8, 4) is 0 Å². The third kappa shape index (κ3) is 1.55. The molecule has 2 aliphatic rings. The minimum atomic E-state index is -0.622. The summed E-state index contributed by atoms with van der Waals surface area (Å²) in [7, 11) is 0. The first-order chi connectivity index (χ1) is 8.16. The minimum Gasteiger partial charge on any atom is -0.465 e. The van der Waals surface area contributed by atoms with Gasteiger partial charge in [0.05, 0.1) is 6.61 Å². The number of benzene rings is 1. The smallest absolute Gasteiger partial charge is 0.316 e. The van der Waals surface area contributed by atoms with Gasteiger partial charge in [-0.3, -0.25) is 9.59 Å². The van der Waals surface area contributed by atoms with Crippen molar-refractivity contribution in [1.29, 1.82) is 0 Å². The molecule has 2 fully saturated rings. The predicted molar refractivity (Wildman–Crippen MR) is 56.7 cm³/mol. The van der Waals surface area contributed by atoms with E-state index in [0.29, 0.717) is 6.42 Å². The maximum absolute atomic E-state index is 13.2. The minimum absolute atomic E-state index is 0.0771. The van der Waals surface area contributed by atoms with E-state index in [9.17, 15) is 14.0 Å². The van der Waals surface area contributed by atoms with Crippen LogP contribution >= 0.6 is 0 Å². The van der Waals surface area contributed by atoms with Crippen LogP contribution < -0.4 is 0 Å². The molecule has 4 heteroatoms. The van der Waals surface area contributed by atoms with Crippen molar-refractivity contribution in [2.75, 3.05) is 6.61 Å². The molecule has 1 heterocycles. The zero-order chi connectivity index (χ0) is 12.0. The second kappa shape index (κ2) is 3.65. The third-order valence-corrected chi connectivity index (χ3v) is 3.66. The van der Waals surface area contributed by atoms with Gasteiger partial charge in [0.15, 0.2) is 0 Å². The van der Waals surface area contributed by atoms with Gasteiger partial charge in [-0.15, -0.1) is 0 Å². The molecule has 1 saturated heterocycles. The van der Waals surface area contributed by atoms with E-state index < -0.39 is 11.9 Å². The Hall–Kier alpha value is -1.71. The zero-order valence-corrected chi connectivity index (χ0v) is 9.06. The Morgan fingerprint density at radius 3 is 2.88 bits per heavy atom. The van der Waals surface area contributed by atoms with Crippen LogP contribution in [0.2, 0.25) is 0 Å². The van der Waals surface area contributed by atoms with Gasteiger partial charge < -0.3 is 4.74 Å². The molecule has 3 atom stereocenters. The molecule has 1 aromatic carbocycles. The van der Waals surface area contributed by atoms with E-state index in [1.54, 1.807) is 12.1 Å². The van der Waals surface area contributed by atoms with Gasteiger partial charge in [0.1, 0.15) is 17.5 Å². The van der Waals surface area contributed by atoms with E-state index in [0.717, 1.165) is 5.56 Å². The Bertz CT molecular complexity index is 497. The normalized spacial score (nSPS) is 31.5. The number of fused-ring (bicyclic) bond motifs is 1. The SMILES string of the molecule is O=C1C[C@H](c2cccc(F)c2)[C@H]2COC(=O)C12. The van der Waals surface area contributed by atoms with Crippen LogP contribution in [0.5, 0.6) is 0 Å². The van der Waals surface area contributed by atoms with Crippen LogP contribution in [0.4, 0.5) is 4.39 Å². The summed E-state index contributed by atoms with van der Waals surface area (Å²) in [4.78, 5) is 23.1. The molecule has 0 amide bonds. The molecule has 88 valence electrons. The summed E-state index contributed by atoms with van der Waals surface area (Å²) in [5.74, 6) is -1.64. The number of cyclic esters (lactones) is 1. The van der Waals surface area contributed by atoms with E-state index in [1.807, 2.05) is 0 Å². The Morgan fingerprint density at radius 2 is 2.12 bits per heavy atom. The molecule has 3 nitrogen and oxygen atoms in total. The monoisotopic (exact) mass is 234 g/mol. The Morgan fingerprint density at radius 1 is 1.29 bits per heavy atom. The van der Waals surface area contributed by atoms with Crippen LogP contribution in [-0.4, -0.2) is 18.4 Å². The largest absolute Gasteiger partial charge is 0.465 e. The molecule has 1 saturated carbocycles. The van der Waals surface area contributed by atoms with Crippen molar-refractivity contribution in [1.82, 2.24) is 0 Å². The highest BCUT2D eigenvalue weighted by molar-refractivity contribution is 6.02. The van der Waals surface area contributed by atoms with E-state index in [4.69, 9.17) is 4.74 Å². The summed E-state index contributed by atoms with van der Waals surface area (Å²) in [6.45, 7) is 0.274. The van der Waals surface area contributed by atoms with Gasteiger partial charge in [0.25, 0.3) is 0 Å². The van der Waals surface area contributed by atoms with Crippen molar-refractivity contribution in [2.24, 2.45) is 11.8 Å². The third-order valence-electron chi connectivity index (χ3n) is 3.66. The lowest BCUT2D eigenvalue weighted by Gasteiger charge is -2.15. The van der Waals surface area contributed by atoms with Crippen molar-refractivity contribution < 1.29 is 18.7 Å². The molecule has 0 spiro atoms. The number of rotatable bonds is 1. The van der Waals surface area contributed by atoms with Crippen LogP contribution in [0.15, 0.2) is 24.3 Å². The number of esters is 1. The Balaban J connectivity index is 1.95. The summed E-state index contributed by atoms with van der Waals surface area (Å²) >= 11 is 0. The highest BCUT2D eigenvalue weighted by Gasteiger charge is 2.52. The lowest BCUT2D eigenvalue weighted by Crippen LogP contribution is -2.18. The van der Waals surface area contributed by atoms with E-state index in [1.165, 1.54) is 12.1 Å². The molecule has 1 unspecified atom stereocenters. The van der Waals surface area contributed by atoms with Crippen LogP contribution in [0, 0.1) is 17.7 Å². The zero-order valence-electron chi connectivity index (χ0n) is 9.06. The highest BCUT2D eigenvalue weighted by atomic mass is 19.1. The second-order valence-electron chi connectivity index (χ2n) is 4.60. The quantitative estimate of drug-likeness (QED) is 0.548. The van der Waals surface area contributed by atoms with Gasteiger partial charge >= 0.3 is 5.97 Å². The fraction of sp³-hybridized carbons (Fsp3) is 0.385. The van der Waals surface area contributed by atoms with Gasteiger partial charge in [-0.25, -0.2) is 4.39 Å². The average molecular weight is 234 g/mol. The molecule has 0 radical (unpaired) electrons. The van der Waals surface area contributed by atoms with Gasteiger partial charge in [0.2, 0.25) is 0 Å². The molecule has 1 aliphatic heterocycles. The highest BCUT2D eigenvalue weighted by Crippen LogP contribution is 2.45. The van der Waals surface area contributed by atoms with Gasteiger partial charge in [0, 0.05) is 12.3 Å². The predicted octanol–water partition coefficient (Wildman–Crippen LogP) is 1.67. The molecule has 0 aromatic heterocycles. The number of hydrogen-bond donors (Lipinski definition) is 0. The first-order valence-corrected chi connectivity index (χ1v) is 5.61. The Kier molecular flexibility index (Phi) is 2.24. The molecule has 1 aromatic rings. The summed E-state index contributed by atoms with van der Waals surface area (Å²) in [6, 6.07) is 6.23. The van der Waals surface area contributed by atoms with Crippen molar-refractivity contribution in [2.45, 2.75) is 12.3 Å². The number of hydrogen-bond acceptors (Lipinski definition) is 3. The molecular weight excluding hydrogens is 223 g/mol. The van der Waals surface area contributed by atoms with Gasteiger partial charge in [-0.2, -0.15) is 0 Å². The summed E-state index contributed by atoms with van der Waals surface area (Å²) < 4.78 is 18.1. The number of carbonyl (C=O) groups excluding carboxylic acids is 2. The average Bonchev–Trinajstić information content (AvgIpc) is 2.82. The molecule has 1 aliphatic carbocycles. The summed E-state index contributed by atoms with van der Waals surface area (Å²) in [5.41, 5.74) is 0.782. The summed E-state index contributed by atoms with van der Waals surface area (Å²) in [5, 5.41) is 0.